The highest BCUT2D eigenvalue weighted by atomic mass is 19.2. The van der Waals surface area contributed by atoms with E-state index in [0.717, 1.165) is 6.07 Å². The van der Waals surface area contributed by atoms with E-state index in [0.29, 0.717) is 0 Å². The van der Waals surface area contributed by atoms with Crippen LogP contribution >= 0.6 is 0 Å². The SMILES string of the molecule is OB1OCc2c1cc(O)c(F)c2F. The summed E-state index contributed by atoms with van der Waals surface area (Å²) in [4.78, 5) is 0. The first-order chi connectivity index (χ1) is 6.11. The van der Waals surface area contributed by atoms with E-state index in [2.05, 4.69) is 4.65 Å². The van der Waals surface area contributed by atoms with Crippen LogP contribution in [0, 0.1) is 11.6 Å². The summed E-state index contributed by atoms with van der Waals surface area (Å²) in [5.41, 5.74) is 0.0409. The Morgan fingerprint density at radius 2 is 2.08 bits per heavy atom. The summed E-state index contributed by atoms with van der Waals surface area (Å²) in [5, 5.41) is 18.0. The van der Waals surface area contributed by atoms with E-state index in [1.807, 2.05) is 0 Å². The summed E-state index contributed by atoms with van der Waals surface area (Å²) < 4.78 is 30.4. The highest BCUT2D eigenvalue weighted by Crippen LogP contribution is 2.23. The Bertz CT molecular complexity index is 369. The molecule has 68 valence electrons. The molecule has 0 spiro atoms. The molecule has 0 saturated heterocycles. The van der Waals surface area contributed by atoms with Crippen molar-refractivity contribution in [1.29, 1.82) is 0 Å². The van der Waals surface area contributed by atoms with Gasteiger partial charge in [-0.2, -0.15) is 4.39 Å². The van der Waals surface area contributed by atoms with Crippen LogP contribution in [-0.4, -0.2) is 17.2 Å². The van der Waals surface area contributed by atoms with Gasteiger partial charge >= 0.3 is 7.12 Å². The van der Waals surface area contributed by atoms with Crippen LogP contribution in [0.5, 0.6) is 5.75 Å². The van der Waals surface area contributed by atoms with E-state index >= 15 is 0 Å². The Morgan fingerprint density at radius 1 is 1.38 bits per heavy atom. The van der Waals surface area contributed by atoms with Crippen molar-refractivity contribution in [1.82, 2.24) is 0 Å². The average Bonchev–Trinajstić information content (AvgIpc) is 2.45. The van der Waals surface area contributed by atoms with Crippen molar-refractivity contribution in [2.45, 2.75) is 6.61 Å². The van der Waals surface area contributed by atoms with Crippen molar-refractivity contribution < 1.29 is 23.6 Å². The van der Waals surface area contributed by atoms with Crippen molar-refractivity contribution >= 4 is 12.6 Å². The third kappa shape index (κ3) is 1.10. The summed E-state index contributed by atoms with van der Waals surface area (Å²) in [5.74, 6) is -3.29. The highest BCUT2D eigenvalue weighted by molar-refractivity contribution is 6.61. The third-order valence-electron chi connectivity index (χ3n) is 1.97. The molecule has 3 nitrogen and oxygen atoms in total. The smallest absolute Gasteiger partial charge is 0.492 e. The molecule has 0 amide bonds. The van der Waals surface area contributed by atoms with Crippen LogP contribution in [0.2, 0.25) is 0 Å². The molecule has 0 aliphatic carbocycles. The molecular formula is C7H5BF2O3. The van der Waals surface area contributed by atoms with Gasteiger partial charge < -0.3 is 14.8 Å². The van der Waals surface area contributed by atoms with Crippen LogP contribution in [0.3, 0.4) is 0 Å². The van der Waals surface area contributed by atoms with Crippen LogP contribution in [0.15, 0.2) is 6.07 Å². The van der Waals surface area contributed by atoms with Gasteiger partial charge in [-0.3, -0.25) is 0 Å². The van der Waals surface area contributed by atoms with Gasteiger partial charge in [0.05, 0.1) is 6.61 Å². The summed E-state index contributed by atoms with van der Waals surface area (Å²) in [6.45, 7) is -0.181. The fourth-order valence-corrected chi connectivity index (χ4v) is 1.29. The Balaban J connectivity index is 2.67. The molecule has 2 N–H and O–H groups in total. The third-order valence-corrected chi connectivity index (χ3v) is 1.97. The van der Waals surface area contributed by atoms with Gasteiger partial charge in [0.2, 0.25) is 5.82 Å². The lowest BCUT2D eigenvalue weighted by molar-refractivity contribution is 0.271. The van der Waals surface area contributed by atoms with Crippen LogP contribution in [0.1, 0.15) is 5.56 Å². The van der Waals surface area contributed by atoms with Crippen LogP contribution in [0.4, 0.5) is 8.78 Å². The average molecular weight is 186 g/mol. The number of benzene rings is 1. The second kappa shape index (κ2) is 2.68. The molecule has 1 heterocycles. The van der Waals surface area contributed by atoms with E-state index in [9.17, 15) is 8.78 Å². The number of phenolic OH excluding ortho intramolecular Hbond substituents is 1. The van der Waals surface area contributed by atoms with Gasteiger partial charge in [-0.15, -0.1) is 0 Å². The summed E-state index contributed by atoms with van der Waals surface area (Å²) >= 11 is 0. The molecule has 2 rings (SSSR count). The zero-order valence-corrected chi connectivity index (χ0v) is 6.42. The number of aromatic hydroxyl groups is 1. The predicted octanol–water partition coefficient (Wildman–Crippen LogP) is -0.112. The molecule has 0 bridgehead atoms. The number of fused-ring (bicyclic) bond motifs is 1. The minimum atomic E-state index is -1.31. The quantitative estimate of drug-likeness (QED) is 0.555. The molecule has 1 aliphatic heterocycles. The Morgan fingerprint density at radius 3 is 2.77 bits per heavy atom. The van der Waals surface area contributed by atoms with Crippen molar-refractivity contribution in [3.8, 4) is 5.75 Å². The molecule has 0 fully saturated rings. The minimum Gasteiger partial charge on any atom is -0.505 e. The van der Waals surface area contributed by atoms with Gasteiger partial charge in [0, 0.05) is 5.56 Å². The highest BCUT2D eigenvalue weighted by Gasteiger charge is 2.32. The lowest BCUT2D eigenvalue weighted by Gasteiger charge is -2.02. The fraction of sp³-hybridized carbons (Fsp3) is 0.143. The van der Waals surface area contributed by atoms with Gasteiger partial charge in [-0.1, -0.05) is 0 Å². The second-order valence-corrected chi connectivity index (χ2v) is 2.75. The van der Waals surface area contributed by atoms with E-state index < -0.39 is 24.5 Å². The summed E-state index contributed by atoms with van der Waals surface area (Å²) in [6.07, 6.45) is 0. The van der Waals surface area contributed by atoms with E-state index in [-0.39, 0.29) is 17.6 Å². The van der Waals surface area contributed by atoms with Gasteiger partial charge in [0.15, 0.2) is 11.6 Å². The normalized spacial score (nSPS) is 14.8. The molecule has 6 heteroatoms. The first-order valence-electron chi connectivity index (χ1n) is 3.60. The zero-order valence-electron chi connectivity index (χ0n) is 6.42. The Labute approximate surface area is 72.7 Å². The summed E-state index contributed by atoms with van der Waals surface area (Å²) in [6, 6.07) is 0.964. The molecule has 1 aromatic carbocycles. The molecule has 13 heavy (non-hydrogen) atoms. The standard InChI is InChI=1S/C7H5BF2O3/c9-6-3-2-13-8(12)4(3)1-5(11)7(6)10/h1,11-12H,2H2. The van der Waals surface area contributed by atoms with Crippen LogP contribution < -0.4 is 5.46 Å². The first-order valence-corrected chi connectivity index (χ1v) is 3.60. The summed E-state index contributed by atoms with van der Waals surface area (Å²) in [7, 11) is -1.28. The van der Waals surface area contributed by atoms with Crippen molar-refractivity contribution in [2.75, 3.05) is 0 Å². The van der Waals surface area contributed by atoms with E-state index in [4.69, 9.17) is 10.1 Å². The minimum absolute atomic E-state index is 0.0391. The first kappa shape index (κ1) is 8.46. The largest absolute Gasteiger partial charge is 0.505 e. The number of hydrogen-bond donors (Lipinski definition) is 2. The topological polar surface area (TPSA) is 49.7 Å². The number of hydrogen-bond acceptors (Lipinski definition) is 3. The molecule has 1 aromatic rings. The molecule has 0 unspecified atom stereocenters. The zero-order chi connectivity index (χ0) is 9.59. The lowest BCUT2D eigenvalue weighted by Crippen LogP contribution is -2.28. The molecule has 0 radical (unpaired) electrons. The van der Waals surface area contributed by atoms with E-state index in [1.54, 1.807) is 0 Å². The molecular weight excluding hydrogens is 181 g/mol. The lowest BCUT2D eigenvalue weighted by atomic mass is 9.79. The Kier molecular flexibility index (Phi) is 1.74. The molecule has 0 saturated carbocycles. The molecule has 1 aliphatic rings. The predicted molar refractivity (Wildman–Crippen MR) is 40.4 cm³/mol. The van der Waals surface area contributed by atoms with E-state index in [1.165, 1.54) is 0 Å². The van der Waals surface area contributed by atoms with Crippen LogP contribution in [0.25, 0.3) is 0 Å². The van der Waals surface area contributed by atoms with Crippen molar-refractivity contribution in [3.63, 3.8) is 0 Å². The molecule has 0 aromatic heterocycles. The van der Waals surface area contributed by atoms with Gasteiger partial charge in [0.1, 0.15) is 0 Å². The maximum Gasteiger partial charge on any atom is 0.492 e. The van der Waals surface area contributed by atoms with Gasteiger partial charge in [-0.25, -0.2) is 4.39 Å². The fourth-order valence-electron chi connectivity index (χ4n) is 1.29. The Hall–Kier alpha value is -1.14. The number of halogens is 2. The second-order valence-electron chi connectivity index (χ2n) is 2.75. The van der Waals surface area contributed by atoms with Crippen LogP contribution in [-0.2, 0) is 11.3 Å². The van der Waals surface area contributed by atoms with Crippen molar-refractivity contribution in [2.24, 2.45) is 0 Å². The number of phenols is 1. The number of rotatable bonds is 0. The van der Waals surface area contributed by atoms with Gasteiger partial charge in [-0.05, 0) is 11.5 Å². The van der Waals surface area contributed by atoms with Crippen molar-refractivity contribution in [3.05, 3.63) is 23.3 Å². The maximum absolute atomic E-state index is 13.0. The molecule has 0 atom stereocenters. The maximum atomic E-state index is 13.0. The van der Waals surface area contributed by atoms with Gasteiger partial charge in [0.25, 0.3) is 0 Å². The monoisotopic (exact) mass is 186 g/mol.